The predicted octanol–water partition coefficient (Wildman–Crippen LogP) is 2.59. The maximum absolute atomic E-state index is 12.3. The Kier molecular flexibility index (Phi) is 5.86. The average Bonchev–Trinajstić information content (AvgIpc) is 2.87. The third-order valence-electron chi connectivity index (χ3n) is 5.52. The van der Waals surface area contributed by atoms with E-state index in [1.165, 1.54) is 4.90 Å². The molecule has 1 aliphatic carbocycles. The number of aliphatic hydroxyl groups excluding tert-OH is 1. The largest absolute Gasteiger partial charge is 0.396 e. The molecular weight excluding hydrogens is 316 g/mol. The Morgan fingerprint density at radius 1 is 1.12 bits per heavy atom. The van der Waals surface area contributed by atoms with Crippen LogP contribution in [0.3, 0.4) is 0 Å². The third kappa shape index (κ3) is 4.10. The van der Waals surface area contributed by atoms with Crippen LogP contribution in [-0.2, 0) is 0 Å². The van der Waals surface area contributed by atoms with Crippen molar-refractivity contribution in [2.45, 2.75) is 57.5 Å². The molecule has 1 unspecified atom stereocenters. The summed E-state index contributed by atoms with van der Waals surface area (Å²) >= 11 is 0. The van der Waals surface area contributed by atoms with Crippen molar-refractivity contribution in [1.29, 1.82) is 0 Å². The van der Waals surface area contributed by atoms with Gasteiger partial charge >= 0.3 is 0 Å². The number of aliphatic hydroxyl groups is 1. The van der Waals surface area contributed by atoms with Gasteiger partial charge in [0, 0.05) is 25.2 Å². The summed E-state index contributed by atoms with van der Waals surface area (Å²) in [6, 6.07) is 7.93. The molecule has 1 heterocycles. The van der Waals surface area contributed by atoms with E-state index in [2.05, 4.69) is 12.2 Å². The van der Waals surface area contributed by atoms with Crippen LogP contribution in [0.1, 0.15) is 66.2 Å². The molecule has 3 rings (SSSR count). The molecule has 1 saturated carbocycles. The Labute approximate surface area is 149 Å². The Balaban J connectivity index is 1.41. The van der Waals surface area contributed by atoms with Gasteiger partial charge in [-0.1, -0.05) is 12.1 Å². The number of amides is 2. The number of hydrogen-bond acceptors (Lipinski definition) is 4. The van der Waals surface area contributed by atoms with Crippen LogP contribution in [0.15, 0.2) is 24.3 Å². The van der Waals surface area contributed by atoms with E-state index in [1.54, 1.807) is 24.3 Å². The third-order valence-corrected chi connectivity index (χ3v) is 5.52. The molecule has 0 aromatic heterocycles. The number of rotatable bonds is 7. The van der Waals surface area contributed by atoms with Gasteiger partial charge in [-0.25, -0.2) is 0 Å². The van der Waals surface area contributed by atoms with Gasteiger partial charge in [-0.3, -0.25) is 14.5 Å². The van der Waals surface area contributed by atoms with E-state index in [-0.39, 0.29) is 11.8 Å². The second-order valence-electron chi connectivity index (χ2n) is 7.42. The number of nitrogens with one attached hydrogen (secondary N) is 1. The van der Waals surface area contributed by atoms with Crippen molar-refractivity contribution >= 4 is 11.8 Å². The lowest BCUT2D eigenvalue weighted by molar-refractivity contribution is 0.0650. The molecule has 1 aromatic carbocycles. The molecule has 2 aliphatic rings. The van der Waals surface area contributed by atoms with Crippen molar-refractivity contribution in [3.63, 3.8) is 0 Å². The molecule has 0 spiro atoms. The minimum Gasteiger partial charge on any atom is -0.396 e. The minimum absolute atomic E-state index is 0.163. The van der Waals surface area contributed by atoms with Gasteiger partial charge in [-0.2, -0.15) is 0 Å². The van der Waals surface area contributed by atoms with Gasteiger partial charge in [0.2, 0.25) is 0 Å². The summed E-state index contributed by atoms with van der Waals surface area (Å²) in [7, 11) is 0. The Bertz CT molecular complexity index is 588. The standard InChI is InChI=1S/C20H28N2O3/c1-14(21-16-10-8-15(13-23)9-11-16)5-4-12-22-19(24)17-6-2-3-7-18(17)20(22)25/h2-3,6-7,14-16,21,23H,4-5,8-13H2,1H3. The second-order valence-corrected chi connectivity index (χ2v) is 7.42. The van der Waals surface area contributed by atoms with Crippen LogP contribution in [-0.4, -0.2) is 47.1 Å². The zero-order chi connectivity index (χ0) is 17.8. The average molecular weight is 344 g/mol. The first kappa shape index (κ1) is 18.1. The molecule has 1 aliphatic heterocycles. The smallest absolute Gasteiger partial charge is 0.261 e. The van der Waals surface area contributed by atoms with Crippen LogP contribution in [0, 0.1) is 5.92 Å². The van der Waals surface area contributed by atoms with Crippen molar-refractivity contribution in [3.8, 4) is 0 Å². The fourth-order valence-corrected chi connectivity index (χ4v) is 4.00. The topological polar surface area (TPSA) is 69.6 Å². The molecule has 5 heteroatoms. The highest BCUT2D eigenvalue weighted by atomic mass is 16.3. The lowest BCUT2D eigenvalue weighted by Crippen LogP contribution is -2.40. The lowest BCUT2D eigenvalue weighted by atomic mass is 9.86. The second kappa shape index (κ2) is 8.11. The van der Waals surface area contributed by atoms with Gasteiger partial charge in [-0.05, 0) is 63.5 Å². The number of imide groups is 1. The summed E-state index contributed by atoms with van der Waals surface area (Å²) in [6.07, 6.45) is 6.17. The molecule has 136 valence electrons. The number of hydrogen-bond donors (Lipinski definition) is 2. The van der Waals surface area contributed by atoms with Crippen LogP contribution in [0.2, 0.25) is 0 Å². The molecule has 1 fully saturated rings. The maximum atomic E-state index is 12.3. The summed E-state index contributed by atoms with van der Waals surface area (Å²) < 4.78 is 0. The fraction of sp³-hybridized carbons (Fsp3) is 0.600. The molecule has 25 heavy (non-hydrogen) atoms. The number of benzene rings is 1. The first-order valence-electron chi connectivity index (χ1n) is 9.42. The number of carbonyl (C=O) groups excluding carboxylic acids is 2. The quantitative estimate of drug-likeness (QED) is 0.746. The summed E-state index contributed by atoms with van der Waals surface area (Å²) in [5.41, 5.74) is 1.05. The molecule has 0 radical (unpaired) electrons. The zero-order valence-electron chi connectivity index (χ0n) is 14.9. The normalized spacial score (nSPS) is 24.5. The van der Waals surface area contributed by atoms with E-state index in [0.717, 1.165) is 38.5 Å². The van der Waals surface area contributed by atoms with Crippen molar-refractivity contribution in [2.24, 2.45) is 5.92 Å². The Morgan fingerprint density at radius 3 is 2.28 bits per heavy atom. The first-order valence-corrected chi connectivity index (χ1v) is 9.42. The lowest BCUT2D eigenvalue weighted by Gasteiger charge is -2.30. The number of fused-ring (bicyclic) bond motifs is 1. The van der Waals surface area contributed by atoms with Gasteiger partial charge in [0.1, 0.15) is 0 Å². The van der Waals surface area contributed by atoms with Crippen molar-refractivity contribution in [2.75, 3.05) is 13.2 Å². The van der Waals surface area contributed by atoms with Gasteiger partial charge < -0.3 is 10.4 Å². The number of nitrogens with zero attached hydrogens (tertiary/aromatic N) is 1. The highest BCUT2D eigenvalue weighted by molar-refractivity contribution is 6.21. The molecule has 2 N–H and O–H groups in total. The van der Waals surface area contributed by atoms with E-state index in [1.807, 2.05) is 0 Å². The van der Waals surface area contributed by atoms with E-state index < -0.39 is 0 Å². The minimum atomic E-state index is -0.163. The SMILES string of the molecule is CC(CCCN1C(=O)c2ccccc2C1=O)NC1CCC(CO)CC1. The van der Waals surface area contributed by atoms with E-state index in [4.69, 9.17) is 0 Å². The Hall–Kier alpha value is -1.72. The molecule has 0 saturated heterocycles. The van der Waals surface area contributed by atoms with E-state index in [9.17, 15) is 14.7 Å². The monoisotopic (exact) mass is 344 g/mol. The fourth-order valence-electron chi connectivity index (χ4n) is 4.00. The molecule has 5 nitrogen and oxygen atoms in total. The van der Waals surface area contributed by atoms with E-state index >= 15 is 0 Å². The summed E-state index contributed by atoms with van der Waals surface area (Å²) in [4.78, 5) is 26.0. The van der Waals surface area contributed by atoms with Crippen LogP contribution >= 0.6 is 0 Å². The van der Waals surface area contributed by atoms with Crippen LogP contribution in [0.5, 0.6) is 0 Å². The van der Waals surface area contributed by atoms with Gasteiger partial charge in [0.15, 0.2) is 0 Å². The van der Waals surface area contributed by atoms with Crippen molar-refractivity contribution < 1.29 is 14.7 Å². The number of carbonyl (C=O) groups is 2. The molecular formula is C20H28N2O3. The maximum Gasteiger partial charge on any atom is 0.261 e. The van der Waals surface area contributed by atoms with Crippen LogP contribution < -0.4 is 5.32 Å². The molecule has 1 aromatic rings. The van der Waals surface area contributed by atoms with Crippen molar-refractivity contribution in [3.05, 3.63) is 35.4 Å². The molecule has 1 atom stereocenters. The van der Waals surface area contributed by atoms with Crippen LogP contribution in [0.25, 0.3) is 0 Å². The molecule has 2 amide bonds. The Morgan fingerprint density at radius 2 is 1.72 bits per heavy atom. The highest BCUT2D eigenvalue weighted by Gasteiger charge is 2.34. The zero-order valence-corrected chi connectivity index (χ0v) is 14.9. The van der Waals surface area contributed by atoms with Gasteiger partial charge in [0.05, 0.1) is 11.1 Å². The summed E-state index contributed by atoms with van der Waals surface area (Å²) in [6.45, 7) is 2.96. The van der Waals surface area contributed by atoms with E-state index in [0.29, 0.717) is 42.3 Å². The van der Waals surface area contributed by atoms with Crippen LogP contribution in [0.4, 0.5) is 0 Å². The highest BCUT2D eigenvalue weighted by Crippen LogP contribution is 2.25. The summed E-state index contributed by atoms with van der Waals surface area (Å²) in [5.74, 6) is 0.147. The predicted molar refractivity (Wildman–Crippen MR) is 96.5 cm³/mol. The van der Waals surface area contributed by atoms with Gasteiger partial charge in [0.25, 0.3) is 11.8 Å². The first-order chi connectivity index (χ1) is 12.1. The molecule has 0 bridgehead atoms. The summed E-state index contributed by atoms with van der Waals surface area (Å²) in [5, 5.41) is 12.9. The van der Waals surface area contributed by atoms with Crippen molar-refractivity contribution in [1.82, 2.24) is 10.2 Å². The van der Waals surface area contributed by atoms with Gasteiger partial charge in [-0.15, -0.1) is 0 Å².